The van der Waals surface area contributed by atoms with E-state index in [0.29, 0.717) is 24.3 Å². The predicted octanol–water partition coefficient (Wildman–Crippen LogP) is 1.84. The molecule has 0 saturated carbocycles. The first kappa shape index (κ1) is 19.7. The monoisotopic (exact) mass is 305 g/mol. The van der Waals surface area contributed by atoms with E-state index in [2.05, 4.69) is 37.9 Å². The van der Waals surface area contributed by atoms with E-state index in [0.717, 1.165) is 45.7 Å². The highest BCUT2D eigenvalue weighted by Crippen LogP contribution is 2.06. The first-order chi connectivity index (χ1) is 8.99. The summed E-state index contributed by atoms with van der Waals surface area (Å²) in [6.07, 6.45) is 1.14. The zero-order chi connectivity index (χ0) is 14.3. The molecule has 1 rings (SSSR count). The van der Waals surface area contributed by atoms with Gasteiger partial charge in [-0.2, -0.15) is 0 Å². The Morgan fingerprint density at radius 1 is 1.10 bits per heavy atom. The van der Waals surface area contributed by atoms with Crippen molar-refractivity contribution in [2.24, 2.45) is 11.8 Å². The maximum atomic E-state index is 12.5. The number of hydrogen-bond acceptors (Lipinski definition) is 3. The Balaban J connectivity index is 0.00000361. The van der Waals surface area contributed by atoms with Gasteiger partial charge in [0.05, 0.1) is 6.54 Å². The zero-order valence-corrected chi connectivity index (χ0v) is 14.3. The average Bonchev–Trinajstić information content (AvgIpc) is 2.55. The molecular weight excluding hydrogens is 274 g/mol. The molecule has 0 bridgehead atoms. The van der Waals surface area contributed by atoms with Crippen molar-refractivity contribution in [2.45, 2.75) is 34.1 Å². The molecule has 0 aromatic carbocycles. The highest BCUT2D eigenvalue weighted by molar-refractivity contribution is 5.85. The van der Waals surface area contributed by atoms with E-state index >= 15 is 0 Å². The minimum atomic E-state index is 0. The van der Waals surface area contributed by atoms with Crippen molar-refractivity contribution in [3.63, 3.8) is 0 Å². The summed E-state index contributed by atoms with van der Waals surface area (Å²) in [6, 6.07) is 0. The van der Waals surface area contributed by atoms with Crippen LogP contribution >= 0.6 is 12.4 Å². The van der Waals surface area contributed by atoms with Gasteiger partial charge in [0.1, 0.15) is 0 Å². The third-order valence-electron chi connectivity index (χ3n) is 3.32. The highest BCUT2D eigenvalue weighted by atomic mass is 35.5. The number of hydrogen-bond donors (Lipinski definition) is 1. The standard InChI is InChI=1S/C15H31N3O.ClH/c1-13(2)10-18(11-14(3)4)15(19)12-17-8-5-6-16-7-9-17;/h13-14,16H,5-12H2,1-4H3;1H. The van der Waals surface area contributed by atoms with Crippen LogP contribution in [0.25, 0.3) is 0 Å². The molecule has 1 fully saturated rings. The molecule has 1 aliphatic rings. The summed E-state index contributed by atoms with van der Waals surface area (Å²) in [6.45, 7) is 15.2. The summed E-state index contributed by atoms with van der Waals surface area (Å²) < 4.78 is 0. The van der Waals surface area contributed by atoms with Crippen LogP contribution in [0.15, 0.2) is 0 Å². The molecule has 20 heavy (non-hydrogen) atoms. The molecule has 1 N–H and O–H groups in total. The summed E-state index contributed by atoms with van der Waals surface area (Å²) in [5, 5.41) is 3.38. The average molecular weight is 306 g/mol. The first-order valence-corrected chi connectivity index (χ1v) is 7.70. The predicted molar refractivity (Wildman–Crippen MR) is 87.4 cm³/mol. The molecule has 0 aromatic heterocycles. The van der Waals surface area contributed by atoms with Crippen LogP contribution in [0.3, 0.4) is 0 Å². The van der Waals surface area contributed by atoms with Crippen LogP contribution in [0.2, 0.25) is 0 Å². The maximum Gasteiger partial charge on any atom is 0.236 e. The Kier molecular flexibility index (Phi) is 10.2. The third kappa shape index (κ3) is 8.08. The molecule has 1 saturated heterocycles. The minimum absolute atomic E-state index is 0. The summed E-state index contributed by atoms with van der Waals surface area (Å²) in [4.78, 5) is 16.8. The van der Waals surface area contributed by atoms with Crippen molar-refractivity contribution in [2.75, 3.05) is 45.8 Å². The van der Waals surface area contributed by atoms with E-state index < -0.39 is 0 Å². The van der Waals surface area contributed by atoms with Gasteiger partial charge in [-0.1, -0.05) is 27.7 Å². The van der Waals surface area contributed by atoms with Crippen molar-refractivity contribution in [3.8, 4) is 0 Å². The molecule has 1 aliphatic heterocycles. The molecular formula is C15H32ClN3O. The zero-order valence-electron chi connectivity index (χ0n) is 13.5. The summed E-state index contributed by atoms with van der Waals surface area (Å²) in [5.41, 5.74) is 0. The lowest BCUT2D eigenvalue weighted by Crippen LogP contribution is -2.44. The van der Waals surface area contributed by atoms with E-state index in [1.807, 2.05) is 4.90 Å². The smallest absolute Gasteiger partial charge is 0.236 e. The minimum Gasteiger partial charge on any atom is -0.341 e. The molecule has 120 valence electrons. The van der Waals surface area contributed by atoms with Crippen LogP contribution < -0.4 is 5.32 Å². The maximum absolute atomic E-state index is 12.5. The Morgan fingerprint density at radius 3 is 2.25 bits per heavy atom. The van der Waals surface area contributed by atoms with Gasteiger partial charge in [-0.3, -0.25) is 9.69 Å². The van der Waals surface area contributed by atoms with Crippen molar-refractivity contribution < 1.29 is 4.79 Å². The molecule has 0 atom stereocenters. The lowest BCUT2D eigenvalue weighted by atomic mass is 10.1. The van der Waals surface area contributed by atoms with Crippen LogP contribution in [-0.4, -0.2) is 61.5 Å². The van der Waals surface area contributed by atoms with E-state index in [1.54, 1.807) is 0 Å². The van der Waals surface area contributed by atoms with Gasteiger partial charge in [0.25, 0.3) is 0 Å². The van der Waals surface area contributed by atoms with Gasteiger partial charge in [-0.15, -0.1) is 12.4 Å². The molecule has 0 radical (unpaired) electrons. The number of carbonyl (C=O) groups excluding carboxylic acids is 1. The third-order valence-corrected chi connectivity index (χ3v) is 3.32. The summed E-state index contributed by atoms with van der Waals surface area (Å²) in [7, 11) is 0. The number of halogens is 1. The Bertz CT molecular complexity index is 254. The van der Waals surface area contributed by atoms with E-state index in [9.17, 15) is 4.79 Å². The van der Waals surface area contributed by atoms with Crippen LogP contribution in [0.4, 0.5) is 0 Å². The van der Waals surface area contributed by atoms with E-state index in [1.165, 1.54) is 0 Å². The number of amides is 1. The van der Waals surface area contributed by atoms with Gasteiger partial charge < -0.3 is 10.2 Å². The molecule has 4 nitrogen and oxygen atoms in total. The van der Waals surface area contributed by atoms with Crippen molar-refractivity contribution in [1.82, 2.24) is 15.1 Å². The van der Waals surface area contributed by atoms with Crippen LogP contribution in [-0.2, 0) is 4.79 Å². The lowest BCUT2D eigenvalue weighted by Gasteiger charge is -2.29. The van der Waals surface area contributed by atoms with Gasteiger partial charge in [-0.05, 0) is 31.3 Å². The molecule has 0 aromatic rings. The largest absolute Gasteiger partial charge is 0.341 e. The first-order valence-electron chi connectivity index (χ1n) is 7.70. The van der Waals surface area contributed by atoms with Gasteiger partial charge in [0.2, 0.25) is 5.91 Å². The number of carbonyl (C=O) groups is 1. The SMILES string of the molecule is CC(C)CN(CC(C)C)C(=O)CN1CCCNCC1.Cl. The quantitative estimate of drug-likeness (QED) is 0.813. The Labute approximate surface area is 130 Å². The molecule has 1 heterocycles. The fraction of sp³-hybridized carbons (Fsp3) is 0.933. The second kappa shape index (κ2) is 10.4. The molecule has 0 spiro atoms. The number of nitrogens with zero attached hydrogens (tertiary/aromatic N) is 2. The van der Waals surface area contributed by atoms with E-state index in [4.69, 9.17) is 0 Å². The van der Waals surface area contributed by atoms with Gasteiger partial charge in [0, 0.05) is 26.2 Å². The van der Waals surface area contributed by atoms with Crippen molar-refractivity contribution in [3.05, 3.63) is 0 Å². The normalized spacial score (nSPS) is 16.9. The number of nitrogens with one attached hydrogen (secondary N) is 1. The summed E-state index contributed by atoms with van der Waals surface area (Å²) >= 11 is 0. The van der Waals surface area contributed by atoms with Crippen molar-refractivity contribution >= 4 is 18.3 Å². The van der Waals surface area contributed by atoms with Crippen molar-refractivity contribution in [1.29, 1.82) is 0 Å². The Morgan fingerprint density at radius 2 is 1.70 bits per heavy atom. The Hall–Kier alpha value is -0.320. The molecule has 5 heteroatoms. The molecule has 0 unspecified atom stereocenters. The highest BCUT2D eigenvalue weighted by Gasteiger charge is 2.19. The van der Waals surface area contributed by atoms with Gasteiger partial charge >= 0.3 is 0 Å². The topological polar surface area (TPSA) is 35.6 Å². The van der Waals surface area contributed by atoms with Crippen LogP contribution in [0, 0.1) is 11.8 Å². The van der Waals surface area contributed by atoms with Crippen LogP contribution in [0.5, 0.6) is 0 Å². The van der Waals surface area contributed by atoms with Gasteiger partial charge in [0.15, 0.2) is 0 Å². The van der Waals surface area contributed by atoms with Gasteiger partial charge in [-0.25, -0.2) is 0 Å². The fourth-order valence-electron chi connectivity index (χ4n) is 2.51. The molecule has 0 aliphatic carbocycles. The second-order valence-electron chi connectivity index (χ2n) is 6.47. The number of rotatable bonds is 6. The fourth-order valence-corrected chi connectivity index (χ4v) is 2.51. The van der Waals surface area contributed by atoms with Crippen LogP contribution in [0.1, 0.15) is 34.1 Å². The lowest BCUT2D eigenvalue weighted by molar-refractivity contribution is -0.133. The van der Waals surface area contributed by atoms with E-state index in [-0.39, 0.29) is 12.4 Å². The molecule has 1 amide bonds. The second-order valence-corrected chi connectivity index (χ2v) is 6.47. The summed E-state index contributed by atoms with van der Waals surface area (Å²) in [5.74, 6) is 1.37.